The summed E-state index contributed by atoms with van der Waals surface area (Å²) in [6.07, 6.45) is 2.90. The van der Waals surface area contributed by atoms with Crippen LogP contribution in [0.1, 0.15) is 23.4 Å². The van der Waals surface area contributed by atoms with E-state index in [1.165, 1.54) is 17.7 Å². The van der Waals surface area contributed by atoms with Gasteiger partial charge in [0, 0.05) is 17.0 Å². The van der Waals surface area contributed by atoms with Gasteiger partial charge in [-0.25, -0.2) is 14.4 Å². The smallest absolute Gasteiger partial charge is 0.161 e. The highest BCUT2D eigenvalue weighted by molar-refractivity contribution is 6.33. The van der Waals surface area contributed by atoms with Crippen LogP contribution in [0.5, 0.6) is 0 Å². The van der Waals surface area contributed by atoms with Crippen LogP contribution in [0.25, 0.3) is 11.4 Å². The van der Waals surface area contributed by atoms with Crippen LogP contribution >= 0.6 is 11.6 Å². The van der Waals surface area contributed by atoms with Gasteiger partial charge in [0.1, 0.15) is 5.82 Å². The lowest BCUT2D eigenvalue weighted by Gasteiger charge is -2.24. The minimum absolute atomic E-state index is 0.338. The number of aromatic nitrogens is 2. The van der Waals surface area contributed by atoms with Crippen LogP contribution in [0.3, 0.4) is 0 Å². The van der Waals surface area contributed by atoms with E-state index >= 15 is 0 Å². The van der Waals surface area contributed by atoms with Gasteiger partial charge in [-0.1, -0.05) is 11.6 Å². The Morgan fingerprint density at radius 1 is 1.38 bits per heavy atom. The van der Waals surface area contributed by atoms with Gasteiger partial charge >= 0.3 is 0 Å². The highest BCUT2D eigenvalue weighted by Gasteiger charge is 2.22. The Balaban J connectivity index is 2.04. The first-order chi connectivity index (χ1) is 10.1. The van der Waals surface area contributed by atoms with Crippen LogP contribution in [-0.2, 0) is 12.8 Å². The molecule has 0 bridgehead atoms. The molecule has 2 N–H and O–H groups in total. The molecule has 1 aliphatic rings. The Morgan fingerprint density at radius 2 is 2.19 bits per heavy atom. The highest BCUT2D eigenvalue weighted by Crippen LogP contribution is 2.30. The summed E-state index contributed by atoms with van der Waals surface area (Å²) >= 11 is 6.11. The van der Waals surface area contributed by atoms with Crippen LogP contribution in [0.15, 0.2) is 18.2 Å². The number of aryl methyl sites for hydroxylation is 2. The second-order valence-electron chi connectivity index (χ2n) is 5.53. The SMILES string of the molecule is Cc1nc(-c2ccc(F)cc2Cl)nc2c1CC(CN)CC2. The molecule has 1 aliphatic carbocycles. The largest absolute Gasteiger partial charge is 0.330 e. The first-order valence-electron chi connectivity index (χ1n) is 7.10. The average Bonchev–Trinajstić information content (AvgIpc) is 2.47. The first-order valence-corrected chi connectivity index (χ1v) is 7.48. The van der Waals surface area contributed by atoms with Gasteiger partial charge in [0.2, 0.25) is 0 Å². The van der Waals surface area contributed by atoms with E-state index in [2.05, 4.69) is 9.97 Å². The summed E-state index contributed by atoms with van der Waals surface area (Å²) in [7, 11) is 0. The van der Waals surface area contributed by atoms with Gasteiger partial charge in [-0.05, 0) is 62.4 Å². The molecule has 1 heterocycles. The van der Waals surface area contributed by atoms with Gasteiger partial charge in [-0.15, -0.1) is 0 Å². The van der Waals surface area contributed by atoms with E-state index < -0.39 is 0 Å². The lowest BCUT2D eigenvalue weighted by molar-refractivity contribution is 0.460. The zero-order valence-electron chi connectivity index (χ0n) is 11.9. The van der Waals surface area contributed by atoms with Gasteiger partial charge in [0.25, 0.3) is 0 Å². The molecule has 0 spiro atoms. The summed E-state index contributed by atoms with van der Waals surface area (Å²) in [5.41, 5.74) is 9.69. The molecule has 1 unspecified atom stereocenters. The summed E-state index contributed by atoms with van der Waals surface area (Å²) in [5, 5.41) is 0.338. The Bertz CT molecular complexity index is 687. The number of nitrogens with two attached hydrogens (primary N) is 1. The third-order valence-electron chi connectivity index (χ3n) is 4.09. The van der Waals surface area contributed by atoms with Gasteiger partial charge in [-0.3, -0.25) is 0 Å². The first kappa shape index (κ1) is 14.4. The third-order valence-corrected chi connectivity index (χ3v) is 4.40. The van der Waals surface area contributed by atoms with E-state index in [4.69, 9.17) is 17.3 Å². The number of halogens is 2. The number of hydrogen-bond donors (Lipinski definition) is 1. The predicted molar refractivity (Wildman–Crippen MR) is 81.7 cm³/mol. The lowest BCUT2D eigenvalue weighted by atomic mass is 9.86. The molecule has 1 aromatic carbocycles. The minimum Gasteiger partial charge on any atom is -0.330 e. The maximum absolute atomic E-state index is 13.2. The molecule has 0 amide bonds. The molecule has 110 valence electrons. The van der Waals surface area contributed by atoms with Crippen LogP contribution in [0.4, 0.5) is 4.39 Å². The lowest BCUT2D eigenvalue weighted by Crippen LogP contribution is -2.24. The number of benzene rings is 1. The highest BCUT2D eigenvalue weighted by atomic mass is 35.5. The standard InChI is InChI=1S/C16H17ClFN3/c1-9-13-6-10(8-19)2-5-15(13)21-16(20-9)12-4-3-11(18)7-14(12)17/h3-4,7,10H,2,5-6,8,19H2,1H3. The zero-order valence-corrected chi connectivity index (χ0v) is 12.6. The molecule has 0 radical (unpaired) electrons. The third kappa shape index (κ3) is 2.78. The maximum atomic E-state index is 13.2. The molecule has 1 atom stereocenters. The van der Waals surface area contributed by atoms with Crippen LogP contribution in [-0.4, -0.2) is 16.5 Å². The molecule has 5 heteroatoms. The molecule has 21 heavy (non-hydrogen) atoms. The summed E-state index contributed by atoms with van der Waals surface area (Å²) in [4.78, 5) is 9.20. The fourth-order valence-corrected chi connectivity index (χ4v) is 3.10. The predicted octanol–water partition coefficient (Wildman–Crippen LogP) is 3.31. The van der Waals surface area contributed by atoms with E-state index in [0.29, 0.717) is 28.9 Å². The van der Waals surface area contributed by atoms with Crippen LogP contribution in [0.2, 0.25) is 5.02 Å². The van der Waals surface area contributed by atoms with Gasteiger partial charge in [0.15, 0.2) is 5.82 Å². The van der Waals surface area contributed by atoms with Crippen molar-refractivity contribution in [3.63, 3.8) is 0 Å². The summed E-state index contributed by atoms with van der Waals surface area (Å²) in [6.45, 7) is 2.69. The van der Waals surface area contributed by atoms with Gasteiger partial charge in [-0.2, -0.15) is 0 Å². The summed E-state index contributed by atoms with van der Waals surface area (Å²) < 4.78 is 13.2. The monoisotopic (exact) mass is 305 g/mol. The number of rotatable bonds is 2. The Kier molecular flexibility index (Phi) is 3.91. The summed E-state index contributed by atoms with van der Waals surface area (Å²) in [6, 6.07) is 4.30. The van der Waals surface area contributed by atoms with Gasteiger partial charge in [0.05, 0.1) is 5.02 Å². The topological polar surface area (TPSA) is 51.8 Å². The van der Waals surface area contributed by atoms with Crippen molar-refractivity contribution in [2.24, 2.45) is 11.7 Å². The van der Waals surface area contributed by atoms with Crippen molar-refractivity contribution < 1.29 is 4.39 Å². The molecule has 2 aromatic rings. The van der Waals surface area contributed by atoms with Gasteiger partial charge < -0.3 is 5.73 Å². The van der Waals surface area contributed by atoms with E-state index in [0.717, 1.165) is 30.7 Å². The molecule has 0 aliphatic heterocycles. The molecule has 1 aromatic heterocycles. The quantitative estimate of drug-likeness (QED) is 0.926. The van der Waals surface area contributed by atoms with E-state index in [-0.39, 0.29) is 5.82 Å². The number of hydrogen-bond acceptors (Lipinski definition) is 3. The molecule has 0 saturated carbocycles. The second-order valence-corrected chi connectivity index (χ2v) is 5.93. The van der Waals surface area contributed by atoms with Crippen LogP contribution in [0, 0.1) is 18.7 Å². The van der Waals surface area contributed by atoms with Crippen molar-refractivity contribution in [3.8, 4) is 11.4 Å². The minimum atomic E-state index is -0.357. The molecule has 3 nitrogen and oxygen atoms in total. The molecular formula is C16H17ClFN3. The van der Waals surface area contributed by atoms with Crippen molar-refractivity contribution in [2.75, 3.05) is 6.54 Å². The maximum Gasteiger partial charge on any atom is 0.161 e. The molecular weight excluding hydrogens is 289 g/mol. The van der Waals surface area contributed by atoms with E-state index in [1.807, 2.05) is 6.92 Å². The van der Waals surface area contributed by atoms with Crippen molar-refractivity contribution in [3.05, 3.63) is 46.0 Å². The fourth-order valence-electron chi connectivity index (χ4n) is 2.85. The van der Waals surface area contributed by atoms with Crippen molar-refractivity contribution in [1.82, 2.24) is 9.97 Å². The average molecular weight is 306 g/mol. The normalized spacial score (nSPS) is 17.6. The molecule has 3 rings (SSSR count). The zero-order chi connectivity index (χ0) is 15.0. The second kappa shape index (κ2) is 5.70. The number of fused-ring (bicyclic) bond motifs is 1. The Morgan fingerprint density at radius 3 is 2.90 bits per heavy atom. The fraction of sp³-hybridized carbons (Fsp3) is 0.375. The van der Waals surface area contributed by atoms with E-state index in [9.17, 15) is 4.39 Å². The molecule has 0 saturated heterocycles. The molecule has 0 fully saturated rings. The van der Waals surface area contributed by atoms with Crippen molar-refractivity contribution in [1.29, 1.82) is 0 Å². The van der Waals surface area contributed by atoms with Crippen LogP contribution < -0.4 is 5.73 Å². The van der Waals surface area contributed by atoms with Crippen molar-refractivity contribution >= 4 is 11.6 Å². The Hall–Kier alpha value is -1.52. The van der Waals surface area contributed by atoms with E-state index in [1.54, 1.807) is 6.07 Å². The Labute approximate surface area is 128 Å². The summed E-state index contributed by atoms with van der Waals surface area (Å²) in [5.74, 6) is 0.728. The number of nitrogens with zero attached hydrogens (tertiary/aromatic N) is 2. The van der Waals surface area contributed by atoms with Crippen molar-refractivity contribution in [2.45, 2.75) is 26.2 Å².